The number of nitrogens with one attached hydrogen (secondary N) is 1. The minimum absolute atomic E-state index is 0.377. The highest BCUT2D eigenvalue weighted by Crippen LogP contribution is 2.21. The number of ether oxygens (including phenoxy) is 2. The van der Waals surface area contributed by atoms with Crippen molar-refractivity contribution < 1.29 is 14.3 Å². The lowest BCUT2D eigenvalue weighted by molar-refractivity contribution is 0.0398. The number of esters is 1. The molecule has 0 bridgehead atoms. The average Bonchev–Trinajstić information content (AvgIpc) is 2.73. The fourth-order valence-corrected chi connectivity index (χ4v) is 2.86. The van der Waals surface area contributed by atoms with Crippen molar-refractivity contribution in [2.24, 2.45) is 0 Å². The van der Waals surface area contributed by atoms with Crippen molar-refractivity contribution >= 4 is 11.8 Å². The van der Waals surface area contributed by atoms with Crippen molar-refractivity contribution in [1.82, 2.24) is 15.1 Å². The molecule has 1 aromatic heterocycles. The zero-order valence-electron chi connectivity index (χ0n) is 15.7. The third-order valence-corrected chi connectivity index (χ3v) is 4.34. The molecule has 0 radical (unpaired) electrons. The molecule has 0 amide bonds. The SMILES string of the molecule is CCCOC(=O)c1cc(-c2ccccc2)nnc1NCCN1CCOCC1. The van der Waals surface area contributed by atoms with Crippen LogP contribution in [0.25, 0.3) is 11.3 Å². The lowest BCUT2D eigenvalue weighted by Crippen LogP contribution is -2.39. The normalized spacial score (nSPS) is 14.7. The van der Waals surface area contributed by atoms with E-state index in [4.69, 9.17) is 9.47 Å². The summed E-state index contributed by atoms with van der Waals surface area (Å²) in [6, 6.07) is 11.4. The highest BCUT2D eigenvalue weighted by molar-refractivity contribution is 5.95. The summed E-state index contributed by atoms with van der Waals surface area (Å²) in [6.07, 6.45) is 0.773. The van der Waals surface area contributed by atoms with E-state index in [1.54, 1.807) is 6.07 Å². The van der Waals surface area contributed by atoms with Crippen LogP contribution in [0, 0.1) is 0 Å². The maximum Gasteiger partial charge on any atom is 0.342 e. The van der Waals surface area contributed by atoms with E-state index in [1.807, 2.05) is 37.3 Å². The number of carbonyl (C=O) groups excluding carboxylic acids is 1. The molecule has 1 saturated heterocycles. The third kappa shape index (κ3) is 5.48. The Labute approximate surface area is 159 Å². The van der Waals surface area contributed by atoms with Crippen LogP contribution in [0.3, 0.4) is 0 Å². The number of morpholine rings is 1. The first-order valence-corrected chi connectivity index (χ1v) is 9.42. The molecule has 0 aliphatic carbocycles. The van der Waals surface area contributed by atoms with Crippen LogP contribution in [0.2, 0.25) is 0 Å². The molecule has 2 heterocycles. The topological polar surface area (TPSA) is 76.6 Å². The van der Waals surface area contributed by atoms with Crippen molar-refractivity contribution in [2.75, 3.05) is 51.3 Å². The summed E-state index contributed by atoms with van der Waals surface area (Å²) in [6.45, 7) is 7.25. The summed E-state index contributed by atoms with van der Waals surface area (Å²) < 4.78 is 10.7. The van der Waals surface area contributed by atoms with Crippen LogP contribution in [0.5, 0.6) is 0 Å². The molecule has 1 aromatic carbocycles. The van der Waals surface area contributed by atoms with Gasteiger partial charge in [-0.15, -0.1) is 10.2 Å². The summed E-state index contributed by atoms with van der Waals surface area (Å²) >= 11 is 0. The number of carbonyl (C=O) groups is 1. The van der Waals surface area contributed by atoms with Crippen LogP contribution in [-0.4, -0.2) is 67.1 Å². The van der Waals surface area contributed by atoms with Gasteiger partial charge >= 0.3 is 5.97 Å². The van der Waals surface area contributed by atoms with Gasteiger partial charge in [-0.3, -0.25) is 4.90 Å². The smallest absolute Gasteiger partial charge is 0.342 e. The molecule has 144 valence electrons. The Balaban J connectivity index is 1.73. The Morgan fingerprint density at radius 1 is 1.22 bits per heavy atom. The van der Waals surface area contributed by atoms with Crippen LogP contribution < -0.4 is 5.32 Å². The van der Waals surface area contributed by atoms with E-state index in [1.165, 1.54) is 0 Å². The molecule has 27 heavy (non-hydrogen) atoms. The summed E-state index contributed by atoms with van der Waals surface area (Å²) in [5.74, 6) is 0.0850. The molecule has 3 rings (SSSR count). The standard InChI is InChI=1S/C20H26N4O3/c1-2-12-27-20(25)17-15-18(16-6-4-3-5-7-16)22-23-19(17)21-8-9-24-10-13-26-14-11-24/h3-7,15H,2,8-14H2,1H3,(H,21,23). The first-order chi connectivity index (χ1) is 13.3. The van der Waals surface area contributed by atoms with Crippen LogP contribution >= 0.6 is 0 Å². The van der Waals surface area contributed by atoms with Gasteiger partial charge in [0.25, 0.3) is 0 Å². The Hall–Kier alpha value is -2.51. The number of hydrogen-bond donors (Lipinski definition) is 1. The molecule has 1 aliphatic rings. The third-order valence-electron chi connectivity index (χ3n) is 4.34. The van der Waals surface area contributed by atoms with Gasteiger partial charge in [0, 0.05) is 31.7 Å². The van der Waals surface area contributed by atoms with Gasteiger partial charge in [0.05, 0.1) is 25.5 Å². The average molecular weight is 370 g/mol. The van der Waals surface area contributed by atoms with Crippen molar-refractivity contribution in [1.29, 1.82) is 0 Å². The number of aromatic nitrogens is 2. The number of hydrogen-bond acceptors (Lipinski definition) is 7. The molecule has 7 heteroatoms. The highest BCUT2D eigenvalue weighted by atomic mass is 16.5. The van der Waals surface area contributed by atoms with E-state index >= 15 is 0 Å². The van der Waals surface area contributed by atoms with Crippen LogP contribution in [0.15, 0.2) is 36.4 Å². The fourth-order valence-electron chi connectivity index (χ4n) is 2.86. The molecule has 1 N–H and O–H groups in total. The van der Waals surface area contributed by atoms with Crippen LogP contribution in [0.4, 0.5) is 5.82 Å². The van der Waals surface area contributed by atoms with Gasteiger partial charge in [-0.05, 0) is 12.5 Å². The van der Waals surface area contributed by atoms with Gasteiger partial charge < -0.3 is 14.8 Å². The highest BCUT2D eigenvalue weighted by Gasteiger charge is 2.17. The van der Waals surface area contributed by atoms with Gasteiger partial charge in [0.15, 0.2) is 5.82 Å². The number of anilines is 1. The Bertz CT molecular complexity index is 733. The van der Waals surface area contributed by atoms with E-state index in [-0.39, 0.29) is 5.97 Å². The molecule has 0 unspecified atom stereocenters. The maximum absolute atomic E-state index is 12.5. The van der Waals surface area contributed by atoms with E-state index in [9.17, 15) is 4.79 Å². The van der Waals surface area contributed by atoms with Crippen LogP contribution in [0.1, 0.15) is 23.7 Å². The minimum Gasteiger partial charge on any atom is -0.462 e. The van der Waals surface area contributed by atoms with Gasteiger partial charge in [-0.2, -0.15) is 0 Å². The number of rotatable bonds is 8. The predicted octanol–water partition coefficient (Wildman–Crippen LogP) is 2.45. The van der Waals surface area contributed by atoms with E-state index in [0.29, 0.717) is 30.2 Å². The second kappa shape index (κ2) is 9.99. The van der Waals surface area contributed by atoms with Gasteiger partial charge in [-0.1, -0.05) is 37.3 Å². The first kappa shape index (κ1) is 19.3. The zero-order valence-corrected chi connectivity index (χ0v) is 15.7. The zero-order chi connectivity index (χ0) is 18.9. The predicted molar refractivity (Wildman–Crippen MR) is 104 cm³/mol. The van der Waals surface area contributed by atoms with Gasteiger partial charge in [-0.25, -0.2) is 4.79 Å². The fraction of sp³-hybridized carbons (Fsp3) is 0.450. The molecular formula is C20H26N4O3. The molecule has 0 spiro atoms. The van der Waals surface area contributed by atoms with E-state index in [0.717, 1.165) is 44.8 Å². The Morgan fingerprint density at radius 3 is 2.74 bits per heavy atom. The second-order valence-corrected chi connectivity index (χ2v) is 6.37. The molecule has 1 fully saturated rings. The van der Waals surface area contributed by atoms with E-state index < -0.39 is 0 Å². The quantitative estimate of drug-likeness (QED) is 0.715. The Morgan fingerprint density at radius 2 is 2.00 bits per heavy atom. The lowest BCUT2D eigenvalue weighted by Gasteiger charge is -2.26. The minimum atomic E-state index is -0.377. The summed E-state index contributed by atoms with van der Waals surface area (Å²) in [5.41, 5.74) is 1.98. The van der Waals surface area contributed by atoms with Crippen LogP contribution in [-0.2, 0) is 9.47 Å². The summed E-state index contributed by atoms with van der Waals surface area (Å²) in [5, 5.41) is 11.8. The first-order valence-electron chi connectivity index (χ1n) is 9.42. The molecule has 0 saturated carbocycles. The van der Waals surface area contributed by atoms with Crippen molar-refractivity contribution in [3.8, 4) is 11.3 Å². The molecule has 2 aromatic rings. The summed E-state index contributed by atoms with van der Waals surface area (Å²) in [4.78, 5) is 14.8. The lowest BCUT2D eigenvalue weighted by atomic mass is 10.1. The van der Waals surface area contributed by atoms with Gasteiger partial charge in [0.1, 0.15) is 5.56 Å². The molecule has 1 aliphatic heterocycles. The second-order valence-electron chi connectivity index (χ2n) is 6.37. The molecule has 7 nitrogen and oxygen atoms in total. The largest absolute Gasteiger partial charge is 0.462 e. The molecular weight excluding hydrogens is 344 g/mol. The number of benzene rings is 1. The summed E-state index contributed by atoms with van der Waals surface area (Å²) in [7, 11) is 0. The van der Waals surface area contributed by atoms with Crippen molar-refractivity contribution in [3.05, 3.63) is 42.0 Å². The van der Waals surface area contributed by atoms with Crippen molar-refractivity contribution in [2.45, 2.75) is 13.3 Å². The van der Waals surface area contributed by atoms with Gasteiger partial charge in [0.2, 0.25) is 0 Å². The molecule has 0 atom stereocenters. The maximum atomic E-state index is 12.5. The monoisotopic (exact) mass is 370 g/mol. The number of nitrogens with zero attached hydrogens (tertiary/aromatic N) is 3. The van der Waals surface area contributed by atoms with Crippen molar-refractivity contribution in [3.63, 3.8) is 0 Å². The Kier molecular flexibility index (Phi) is 7.12. The van der Waals surface area contributed by atoms with E-state index in [2.05, 4.69) is 20.4 Å².